The van der Waals surface area contributed by atoms with Gasteiger partial charge in [-0.15, -0.1) is 0 Å². The van der Waals surface area contributed by atoms with E-state index in [0.717, 1.165) is 24.1 Å². The number of aromatic amines is 1. The molecule has 3 aromatic rings. The molecular formula is C20H20N6O2. The van der Waals surface area contributed by atoms with Gasteiger partial charge in [0.2, 0.25) is 5.91 Å². The topological polar surface area (TPSA) is 109 Å². The molecule has 0 aliphatic heterocycles. The lowest BCUT2D eigenvalue weighted by Gasteiger charge is -2.09. The lowest BCUT2D eigenvalue weighted by molar-refractivity contribution is -0.117. The highest BCUT2D eigenvalue weighted by Gasteiger charge is 2.26. The van der Waals surface area contributed by atoms with Crippen LogP contribution in [0.15, 0.2) is 36.7 Å². The van der Waals surface area contributed by atoms with Gasteiger partial charge in [-0.3, -0.25) is 9.89 Å². The minimum absolute atomic E-state index is 0.145. The van der Waals surface area contributed by atoms with Gasteiger partial charge in [0.15, 0.2) is 0 Å². The maximum atomic E-state index is 12.6. The summed E-state index contributed by atoms with van der Waals surface area (Å²) in [5, 5.41) is 23.5. The fourth-order valence-corrected chi connectivity index (χ4v) is 2.98. The van der Waals surface area contributed by atoms with Crippen molar-refractivity contribution in [1.29, 1.82) is 5.26 Å². The summed E-state index contributed by atoms with van der Waals surface area (Å²) in [7, 11) is 1.55. The van der Waals surface area contributed by atoms with Gasteiger partial charge in [0.1, 0.15) is 11.6 Å². The zero-order valence-electron chi connectivity index (χ0n) is 15.6. The summed E-state index contributed by atoms with van der Waals surface area (Å²) in [6.45, 7) is 1.82. The van der Waals surface area contributed by atoms with E-state index in [4.69, 9.17) is 4.74 Å². The Balaban J connectivity index is 1.49. The van der Waals surface area contributed by atoms with Crippen molar-refractivity contribution < 1.29 is 9.53 Å². The molecule has 0 saturated heterocycles. The van der Waals surface area contributed by atoms with Crippen LogP contribution >= 0.6 is 0 Å². The van der Waals surface area contributed by atoms with Crippen molar-refractivity contribution in [3.63, 3.8) is 0 Å². The predicted octanol–water partition coefficient (Wildman–Crippen LogP) is 3.10. The van der Waals surface area contributed by atoms with Gasteiger partial charge in [-0.2, -0.15) is 15.5 Å². The van der Waals surface area contributed by atoms with Crippen LogP contribution in [0.5, 0.6) is 5.75 Å². The highest BCUT2D eigenvalue weighted by Crippen LogP contribution is 2.39. The molecule has 1 amide bonds. The van der Waals surface area contributed by atoms with Crippen LogP contribution in [0.2, 0.25) is 0 Å². The highest BCUT2D eigenvalue weighted by atomic mass is 16.5. The summed E-state index contributed by atoms with van der Waals surface area (Å²) < 4.78 is 6.86. The number of rotatable bonds is 6. The Morgan fingerprint density at radius 2 is 2.21 bits per heavy atom. The van der Waals surface area contributed by atoms with Crippen LogP contribution in [0.4, 0.5) is 5.82 Å². The fourth-order valence-electron chi connectivity index (χ4n) is 2.98. The molecule has 0 spiro atoms. The highest BCUT2D eigenvalue weighted by molar-refractivity contribution is 5.94. The molecule has 1 atom stereocenters. The van der Waals surface area contributed by atoms with E-state index in [0.29, 0.717) is 28.7 Å². The molecule has 2 N–H and O–H groups in total. The van der Waals surface area contributed by atoms with Gasteiger partial charge in [-0.25, -0.2) is 4.68 Å². The maximum absolute atomic E-state index is 12.6. The number of hydrogen-bond acceptors (Lipinski definition) is 5. The standard InChI is InChI=1S/C20H20N6O2/c1-12(20(27)23-19-8-18(24-25-19)14-3-4-14)15-10-22-26(11-15)16-5-13(9-21)6-17(7-16)28-2/h5-8,10-12,14H,3-4H2,1-2H3,(H2,23,24,25,27). The van der Waals surface area contributed by atoms with Crippen molar-refractivity contribution in [3.05, 3.63) is 53.5 Å². The number of nitriles is 1. The largest absolute Gasteiger partial charge is 0.497 e. The number of aromatic nitrogens is 4. The fraction of sp³-hybridized carbons (Fsp3) is 0.300. The second-order valence-electron chi connectivity index (χ2n) is 6.94. The van der Waals surface area contributed by atoms with Crippen LogP contribution in [-0.4, -0.2) is 33.0 Å². The quantitative estimate of drug-likeness (QED) is 0.687. The SMILES string of the molecule is COc1cc(C#N)cc(-n2cc(C(C)C(=O)Nc3cc(C4CC4)n[nH]3)cn2)c1. The van der Waals surface area contributed by atoms with E-state index in [2.05, 4.69) is 26.7 Å². The van der Waals surface area contributed by atoms with Gasteiger partial charge >= 0.3 is 0 Å². The van der Waals surface area contributed by atoms with Crippen molar-refractivity contribution in [3.8, 4) is 17.5 Å². The Morgan fingerprint density at radius 3 is 2.93 bits per heavy atom. The average molecular weight is 376 g/mol. The van der Waals surface area contributed by atoms with E-state index in [1.54, 1.807) is 42.4 Å². The summed E-state index contributed by atoms with van der Waals surface area (Å²) in [4.78, 5) is 12.6. The third kappa shape index (κ3) is 3.60. The minimum atomic E-state index is -0.400. The molecule has 142 valence electrons. The monoisotopic (exact) mass is 376 g/mol. The number of nitrogens with one attached hydrogen (secondary N) is 2. The van der Waals surface area contributed by atoms with Gasteiger partial charge in [-0.05, 0) is 31.9 Å². The predicted molar refractivity (Wildman–Crippen MR) is 102 cm³/mol. The normalized spacial score (nSPS) is 14.3. The Kier molecular flexibility index (Phi) is 4.57. The van der Waals surface area contributed by atoms with Gasteiger partial charge < -0.3 is 10.1 Å². The molecule has 8 heteroatoms. The molecule has 2 aromatic heterocycles. The molecule has 0 radical (unpaired) electrons. The first-order valence-corrected chi connectivity index (χ1v) is 9.07. The average Bonchev–Trinajstić information content (AvgIpc) is 3.26. The van der Waals surface area contributed by atoms with Gasteiger partial charge in [0.05, 0.1) is 42.2 Å². The molecule has 1 saturated carbocycles. The first kappa shape index (κ1) is 17.8. The second kappa shape index (κ2) is 7.19. The van der Waals surface area contributed by atoms with Crippen molar-refractivity contribution in [1.82, 2.24) is 20.0 Å². The third-order valence-electron chi connectivity index (χ3n) is 4.87. The van der Waals surface area contributed by atoms with Crippen LogP contribution in [0, 0.1) is 11.3 Å². The first-order chi connectivity index (χ1) is 13.6. The van der Waals surface area contributed by atoms with Gasteiger partial charge in [0, 0.05) is 29.8 Å². The van der Waals surface area contributed by atoms with Crippen LogP contribution < -0.4 is 10.1 Å². The lowest BCUT2D eigenvalue weighted by atomic mass is 10.0. The summed E-state index contributed by atoms with van der Waals surface area (Å²) in [6.07, 6.45) is 5.75. The number of carbonyl (C=O) groups excluding carboxylic acids is 1. The summed E-state index contributed by atoms with van der Waals surface area (Å²) in [6, 6.07) is 9.16. The Labute approximate surface area is 162 Å². The summed E-state index contributed by atoms with van der Waals surface area (Å²) in [5.41, 5.74) is 2.93. The van der Waals surface area contributed by atoms with E-state index in [1.165, 1.54) is 0 Å². The molecule has 8 nitrogen and oxygen atoms in total. The molecule has 1 fully saturated rings. The van der Waals surface area contributed by atoms with E-state index < -0.39 is 5.92 Å². The number of H-pyrrole nitrogens is 1. The zero-order chi connectivity index (χ0) is 19.7. The number of carbonyl (C=O) groups is 1. The Morgan fingerprint density at radius 1 is 1.39 bits per heavy atom. The molecule has 1 aromatic carbocycles. The smallest absolute Gasteiger partial charge is 0.232 e. The molecule has 0 bridgehead atoms. The van der Waals surface area contributed by atoms with Crippen LogP contribution in [0.1, 0.15) is 48.4 Å². The second-order valence-corrected chi connectivity index (χ2v) is 6.94. The number of methoxy groups -OCH3 is 1. The van der Waals surface area contributed by atoms with Gasteiger partial charge in [-0.1, -0.05) is 0 Å². The summed E-state index contributed by atoms with van der Waals surface area (Å²) in [5.74, 6) is 1.16. The maximum Gasteiger partial charge on any atom is 0.232 e. The molecule has 1 unspecified atom stereocenters. The number of benzene rings is 1. The van der Waals surface area contributed by atoms with E-state index in [-0.39, 0.29) is 5.91 Å². The van der Waals surface area contributed by atoms with Crippen LogP contribution in [0.3, 0.4) is 0 Å². The lowest BCUT2D eigenvalue weighted by Crippen LogP contribution is -2.18. The number of ether oxygens (including phenoxy) is 1. The van der Waals surface area contributed by atoms with Crippen molar-refractivity contribution in [2.24, 2.45) is 0 Å². The third-order valence-corrected chi connectivity index (χ3v) is 4.87. The molecule has 1 aliphatic carbocycles. The van der Waals surface area contributed by atoms with E-state index in [9.17, 15) is 10.1 Å². The van der Waals surface area contributed by atoms with E-state index >= 15 is 0 Å². The van der Waals surface area contributed by atoms with Crippen molar-refractivity contribution in [2.75, 3.05) is 12.4 Å². The molecular weight excluding hydrogens is 356 g/mol. The number of hydrogen-bond donors (Lipinski definition) is 2. The van der Waals surface area contributed by atoms with Crippen molar-refractivity contribution >= 4 is 11.7 Å². The van der Waals surface area contributed by atoms with E-state index in [1.807, 2.05) is 13.0 Å². The number of nitrogens with zero attached hydrogens (tertiary/aromatic N) is 4. The molecule has 2 heterocycles. The van der Waals surface area contributed by atoms with Crippen molar-refractivity contribution in [2.45, 2.75) is 31.6 Å². The van der Waals surface area contributed by atoms with Gasteiger partial charge in [0.25, 0.3) is 0 Å². The van der Waals surface area contributed by atoms with Crippen LogP contribution in [0.25, 0.3) is 5.69 Å². The minimum Gasteiger partial charge on any atom is -0.497 e. The summed E-state index contributed by atoms with van der Waals surface area (Å²) >= 11 is 0. The number of amides is 1. The molecule has 1 aliphatic rings. The Bertz CT molecular complexity index is 1060. The molecule has 28 heavy (non-hydrogen) atoms. The van der Waals surface area contributed by atoms with Crippen LogP contribution in [-0.2, 0) is 4.79 Å². The Hall–Kier alpha value is -3.60. The zero-order valence-corrected chi connectivity index (χ0v) is 15.6. The first-order valence-electron chi connectivity index (χ1n) is 9.07. The number of anilines is 1. The molecule has 4 rings (SSSR count).